The number of nitrogens with two attached hydrogens (primary N) is 1. The molecule has 4 heterocycles. The molecule has 2 aliphatic heterocycles. The van der Waals surface area contributed by atoms with Gasteiger partial charge in [0.2, 0.25) is 5.95 Å². The summed E-state index contributed by atoms with van der Waals surface area (Å²) in [6, 6.07) is 13.3. The van der Waals surface area contributed by atoms with Crippen molar-refractivity contribution in [1.82, 2.24) is 25.1 Å². The van der Waals surface area contributed by atoms with E-state index in [-0.39, 0.29) is 24.3 Å². The van der Waals surface area contributed by atoms with Crippen molar-refractivity contribution >= 4 is 40.0 Å². The molecule has 1 amide bonds. The number of aromatic nitrogens is 4. The summed E-state index contributed by atoms with van der Waals surface area (Å²) in [7, 11) is 2.12. The lowest BCUT2D eigenvalue weighted by molar-refractivity contribution is 0.0904. The van der Waals surface area contributed by atoms with Gasteiger partial charge in [-0.2, -0.15) is 5.10 Å². The molecule has 2 fully saturated rings. The first-order valence-electron chi connectivity index (χ1n) is 16.1. The number of H-pyrrole nitrogens is 1. The molecular weight excluding hydrogens is 616 g/mol. The number of hydrogen-bond acceptors (Lipinski definition) is 9. The normalized spacial score (nSPS) is 15.9. The predicted molar refractivity (Wildman–Crippen MR) is 182 cm³/mol. The number of nitrogens with one attached hydrogen (secondary N) is 3. The van der Waals surface area contributed by atoms with Gasteiger partial charge in [-0.1, -0.05) is 0 Å². The molecule has 2 aliphatic rings. The number of anilines is 4. The van der Waals surface area contributed by atoms with Gasteiger partial charge >= 0.3 is 0 Å². The van der Waals surface area contributed by atoms with Crippen LogP contribution in [0.1, 0.15) is 34.3 Å². The molecule has 0 unspecified atom stereocenters. The fraction of sp³-hybridized carbons (Fsp3) is 0.314. The Labute approximate surface area is 276 Å². The quantitative estimate of drug-likeness (QED) is 0.181. The van der Waals surface area contributed by atoms with E-state index >= 15 is 0 Å². The first-order chi connectivity index (χ1) is 23.3. The van der Waals surface area contributed by atoms with Crippen LogP contribution < -0.4 is 21.3 Å². The van der Waals surface area contributed by atoms with Gasteiger partial charge in [-0.05, 0) is 85.5 Å². The highest BCUT2D eigenvalue weighted by Gasteiger charge is 2.23. The van der Waals surface area contributed by atoms with Crippen molar-refractivity contribution in [3.63, 3.8) is 0 Å². The maximum absolute atomic E-state index is 14.1. The summed E-state index contributed by atoms with van der Waals surface area (Å²) in [4.78, 5) is 26.9. The van der Waals surface area contributed by atoms with Gasteiger partial charge in [-0.15, -0.1) is 0 Å². The molecule has 0 atom stereocenters. The van der Waals surface area contributed by atoms with E-state index in [1.54, 1.807) is 12.4 Å². The van der Waals surface area contributed by atoms with E-state index in [1.165, 1.54) is 12.1 Å². The number of amides is 1. The number of hydrogen-bond donors (Lipinski definition) is 4. The Balaban J connectivity index is 1.22. The third kappa shape index (κ3) is 6.92. The number of halogens is 2. The summed E-state index contributed by atoms with van der Waals surface area (Å²) in [5.74, 6) is -1.18. The molecule has 0 radical (unpaired) electrons. The van der Waals surface area contributed by atoms with Crippen molar-refractivity contribution in [2.24, 2.45) is 0 Å². The van der Waals surface area contributed by atoms with Crippen LogP contribution in [0.3, 0.4) is 0 Å². The number of nitrogen functional groups attached to an aromatic ring is 1. The standard InChI is InChI=1S/C35H37F2N9O2/c1-45-6-8-46(9-7-45)27-2-3-28(31(17-27)41-26-4-10-48-11-5-26)34(47)42-33-30-15-22(12-21-13-24(36)16-25(37)14-21)29(18-32(30)43-44-33)23-19-39-35(38)40-20-23/h2-3,13-20,26,41H,4-12H2,1H3,(H2,38,39,40)(H2,42,43,44,47). The summed E-state index contributed by atoms with van der Waals surface area (Å²) in [5, 5.41) is 14.7. The Morgan fingerprint density at radius 2 is 1.73 bits per heavy atom. The van der Waals surface area contributed by atoms with Crippen LogP contribution in [0.2, 0.25) is 0 Å². The number of rotatable bonds is 8. The van der Waals surface area contributed by atoms with Crippen LogP contribution in [0.5, 0.6) is 0 Å². The zero-order chi connectivity index (χ0) is 33.2. The first-order valence-corrected chi connectivity index (χ1v) is 16.1. The topological polar surface area (TPSA) is 137 Å². The van der Waals surface area contributed by atoms with Gasteiger partial charge < -0.3 is 30.9 Å². The Morgan fingerprint density at radius 1 is 1.00 bits per heavy atom. The minimum Gasteiger partial charge on any atom is -0.381 e. The number of nitrogens with zero attached hydrogens (tertiary/aromatic N) is 5. The number of carbonyl (C=O) groups excluding carboxylic acids is 1. The lowest BCUT2D eigenvalue weighted by Crippen LogP contribution is -2.44. The third-order valence-electron chi connectivity index (χ3n) is 9.02. The van der Waals surface area contributed by atoms with Crippen LogP contribution >= 0.6 is 0 Å². The average Bonchev–Trinajstić information content (AvgIpc) is 3.46. The molecule has 248 valence electrons. The maximum atomic E-state index is 14.1. The van der Waals surface area contributed by atoms with Crippen molar-refractivity contribution in [2.75, 3.05) is 67.7 Å². The predicted octanol–water partition coefficient (Wildman–Crippen LogP) is 5.07. The molecule has 11 nitrogen and oxygen atoms in total. The van der Waals surface area contributed by atoms with Gasteiger partial charge in [0.15, 0.2) is 5.82 Å². The fourth-order valence-corrected chi connectivity index (χ4v) is 6.38. The number of likely N-dealkylation sites (N-methyl/N-ethyl adjacent to an activating group) is 1. The Bertz CT molecular complexity index is 1910. The Morgan fingerprint density at radius 3 is 2.46 bits per heavy atom. The van der Waals surface area contributed by atoms with Gasteiger partial charge in [-0.25, -0.2) is 18.7 Å². The number of ether oxygens (including phenoxy) is 1. The zero-order valence-electron chi connectivity index (χ0n) is 26.6. The van der Waals surface area contributed by atoms with Gasteiger partial charge in [0, 0.05) is 86.2 Å². The second-order valence-electron chi connectivity index (χ2n) is 12.4. The number of carbonyl (C=O) groups is 1. The number of piperazine rings is 1. The molecule has 3 aromatic carbocycles. The number of fused-ring (bicyclic) bond motifs is 1. The van der Waals surface area contributed by atoms with Crippen LogP contribution in [0.15, 0.2) is 60.9 Å². The van der Waals surface area contributed by atoms with E-state index in [4.69, 9.17) is 10.5 Å². The Kier molecular flexibility index (Phi) is 8.87. The molecule has 48 heavy (non-hydrogen) atoms. The first kappa shape index (κ1) is 31.5. The largest absolute Gasteiger partial charge is 0.381 e. The highest BCUT2D eigenvalue weighted by atomic mass is 19.1. The van der Waals surface area contributed by atoms with Crippen LogP contribution in [0.25, 0.3) is 22.0 Å². The van der Waals surface area contributed by atoms with E-state index in [2.05, 4.69) is 53.7 Å². The molecule has 0 saturated carbocycles. The van der Waals surface area contributed by atoms with E-state index in [0.717, 1.165) is 67.6 Å². The lowest BCUT2D eigenvalue weighted by atomic mass is 9.94. The second-order valence-corrected chi connectivity index (χ2v) is 12.4. The molecule has 0 spiro atoms. The van der Waals surface area contributed by atoms with Gasteiger partial charge in [-0.3, -0.25) is 9.89 Å². The van der Waals surface area contributed by atoms with Crippen LogP contribution in [0.4, 0.5) is 31.9 Å². The van der Waals surface area contributed by atoms with Crippen molar-refractivity contribution in [3.05, 3.63) is 89.2 Å². The van der Waals surface area contributed by atoms with Crippen molar-refractivity contribution < 1.29 is 18.3 Å². The maximum Gasteiger partial charge on any atom is 0.258 e. The van der Waals surface area contributed by atoms with E-state index in [1.807, 2.05) is 24.3 Å². The monoisotopic (exact) mass is 653 g/mol. The van der Waals surface area contributed by atoms with Gasteiger partial charge in [0.05, 0.1) is 11.1 Å². The summed E-state index contributed by atoms with van der Waals surface area (Å²) in [5.41, 5.74) is 11.3. The SMILES string of the molecule is CN1CCN(c2ccc(C(=O)Nc3n[nH]c4cc(-c5cnc(N)nc5)c(Cc5cc(F)cc(F)c5)cc34)c(NC3CCOCC3)c2)CC1. The van der Waals surface area contributed by atoms with Gasteiger partial charge in [0.25, 0.3) is 5.91 Å². The molecule has 7 rings (SSSR count). The summed E-state index contributed by atoms with van der Waals surface area (Å²) >= 11 is 0. The van der Waals surface area contributed by atoms with E-state index in [0.29, 0.717) is 46.6 Å². The minimum atomic E-state index is -0.663. The Hall–Kier alpha value is -5.14. The summed E-state index contributed by atoms with van der Waals surface area (Å²) in [6.07, 6.45) is 5.09. The van der Waals surface area contributed by atoms with Gasteiger partial charge in [0.1, 0.15) is 11.6 Å². The highest BCUT2D eigenvalue weighted by Crippen LogP contribution is 2.34. The molecule has 2 aromatic heterocycles. The summed E-state index contributed by atoms with van der Waals surface area (Å²) in [6.45, 7) is 5.11. The van der Waals surface area contributed by atoms with E-state index in [9.17, 15) is 13.6 Å². The smallest absolute Gasteiger partial charge is 0.258 e. The zero-order valence-corrected chi connectivity index (χ0v) is 26.6. The fourth-order valence-electron chi connectivity index (χ4n) is 6.38. The molecule has 0 aliphatic carbocycles. The molecule has 5 N–H and O–H groups in total. The minimum absolute atomic E-state index is 0.127. The van der Waals surface area contributed by atoms with Crippen molar-refractivity contribution in [3.8, 4) is 11.1 Å². The van der Waals surface area contributed by atoms with Crippen LogP contribution in [-0.4, -0.2) is 83.5 Å². The molecule has 5 aromatic rings. The second kappa shape index (κ2) is 13.5. The highest BCUT2D eigenvalue weighted by molar-refractivity contribution is 6.11. The van der Waals surface area contributed by atoms with Crippen LogP contribution in [0, 0.1) is 11.6 Å². The molecule has 13 heteroatoms. The van der Waals surface area contributed by atoms with Crippen molar-refractivity contribution in [1.29, 1.82) is 0 Å². The lowest BCUT2D eigenvalue weighted by Gasteiger charge is -2.34. The van der Waals surface area contributed by atoms with E-state index < -0.39 is 11.6 Å². The molecule has 2 saturated heterocycles. The number of benzene rings is 3. The number of aromatic amines is 1. The van der Waals surface area contributed by atoms with Crippen LogP contribution in [-0.2, 0) is 11.2 Å². The molecule has 0 bridgehead atoms. The van der Waals surface area contributed by atoms with Crippen molar-refractivity contribution in [2.45, 2.75) is 25.3 Å². The summed E-state index contributed by atoms with van der Waals surface area (Å²) < 4.78 is 33.9. The molecular formula is C35H37F2N9O2. The average molecular weight is 654 g/mol. The third-order valence-corrected chi connectivity index (χ3v) is 9.02.